The third-order valence-electron chi connectivity index (χ3n) is 5.09. The van der Waals surface area contributed by atoms with Gasteiger partial charge in [0.25, 0.3) is 0 Å². The van der Waals surface area contributed by atoms with E-state index in [-0.39, 0.29) is 0 Å². The first-order valence-electron chi connectivity index (χ1n) is 8.17. The number of hydrogen-bond donors (Lipinski definition) is 0. The van der Waals surface area contributed by atoms with Crippen LogP contribution in [-0.2, 0) is 0 Å². The number of rotatable bonds is 2. The van der Waals surface area contributed by atoms with Crippen LogP contribution in [-0.4, -0.2) is 47.6 Å². The van der Waals surface area contributed by atoms with E-state index in [1.807, 2.05) is 0 Å². The van der Waals surface area contributed by atoms with E-state index in [1.54, 1.807) is 0 Å². The Balaban J connectivity index is 1.89. The molecule has 0 saturated carbocycles. The summed E-state index contributed by atoms with van der Waals surface area (Å²) in [6.45, 7) is 19.5. The second-order valence-electron chi connectivity index (χ2n) is 8.79. The van der Waals surface area contributed by atoms with Crippen LogP contribution >= 0.6 is 0 Å². The van der Waals surface area contributed by atoms with Crippen molar-refractivity contribution in [2.75, 3.05) is 26.2 Å². The number of nitrogens with zero attached hydrogens (tertiary/aromatic N) is 2. The summed E-state index contributed by atoms with van der Waals surface area (Å²) in [4.78, 5) is 5.46. The van der Waals surface area contributed by atoms with Gasteiger partial charge in [0.05, 0.1) is 0 Å². The van der Waals surface area contributed by atoms with Crippen LogP contribution in [0.5, 0.6) is 0 Å². The van der Waals surface area contributed by atoms with Gasteiger partial charge in [-0.15, -0.1) is 0 Å². The van der Waals surface area contributed by atoms with E-state index in [4.69, 9.17) is 0 Å². The van der Waals surface area contributed by atoms with Crippen LogP contribution in [0.15, 0.2) is 0 Å². The summed E-state index contributed by atoms with van der Waals surface area (Å²) in [6, 6.07) is 0.802. The predicted octanol–water partition coefficient (Wildman–Crippen LogP) is 3.62. The molecule has 0 N–H and O–H groups in total. The van der Waals surface area contributed by atoms with Gasteiger partial charge in [0.15, 0.2) is 0 Å². The van der Waals surface area contributed by atoms with Crippen LogP contribution in [0.3, 0.4) is 0 Å². The molecular weight excluding hydrogens is 232 g/mol. The van der Waals surface area contributed by atoms with Gasteiger partial charge in [-0.25, -0.2) is 0 Å². The summed E-state index contributed by atoms with van der Waals surface area (Å²) < 4.78 is 0. The molecule has 2 saturated heterocycles. The van der Waals surface area contributed by atoms with Crippen LogP contribution in [0.2, 0.25) is 0 Å². The van der Waals surface area contributed by atoms with Gasteiger partial charge in [-0.05, 0) is 64.5 Å². The summed E-state index contributed by atoms with van der Waals surface area (Å²) in [7, 11) is 0. The molecule has 112 valence electrons. The highest BCUT2D eigenvalue weighted by Crippen LogP contribution is 2.34. The molecule has 2 rings (SSSR count). The van der Waals surface area contributed by atoms with Crippen molar-refractivity contribution in [3.8, 4) is 0 Å². The zero-order valence-electron chi connectivity index (χ0n) is 14.0. The van der Waals surface area contributed by atoms with E-state index in [2.05, 4.69) is 51.3 Å². The molecule has 2 heteroatoms. The minimum Gasteiger partial charge on any atom is -0.300 e. The molecule has 0 radical (unpaired) electrons. The monoisotopic (exact) mass is 266 g/mol. The molecule has 0 aromatic rings. The summed E-state index contributed by atoms with van der Waals surface area (Å²) in [5, 5.41) is 0. The SMILES string of the molecule is CC(C)(C)C1CCCN1CC1CCN(C(C)(C)C)C1. The molecule has 19 heavy (non-hydrogen) atoms. The third-order valence-corrected chi connectivity index (χ3v) is 5.09. The maximum absolute atomic E-state index is 2.79. The van der Waals surface area contributed by atoms with E-state index in [0.29, 0.717) is 11.0 Å². The highest BCUT2D eigenvalue weighted by Gasteiger charge is 2.37. The fraction of sp³-hybridized carbons (Fsp3) is 1.00. The molecule has 0 aliphatic carbocycles. The molecule has 0 bridgehead atoms. The van der Waals surface area contributed by atoms with Crippen LogP contribution in [0, 0.1) is 11.3 Å². The van der Waals surface area contributed by atoms with Crippen molar-refractivity contribution < 1.29 is 0 Å². The lowest BCUT2D eigenvalue weighted by Gasteiger charge is -2.37. The molecule has 2 atom stereocenters. The molecule has 2 fully saturated rings. The van der Waals surface area contributed by atoms with Crippen molar-refractivity contribution in [1.82, 2.24) is 9.80 Å². The highest BCUT2D eigenvalue weighted by molar-refractivity contribution is 4.92. The van der Waals surface area contributed by atoms with Gasteiger partial charge in [-0.3, -0.25) is 9.80 Å². The van der Waals surface area contributed by atoms with Crippen molar-refractivity contribution in [2.24, 2.45) is 11.3 Å². The van der Waals surface area contributed by atoms with E-state index in [1.165, 1.54) is 45.4 Å². The Morgan fingerprint density at radius 1 is 0.947 bits per heavy atom. The Kier molecular flexibility index (Phi) is 4.32. The first-order chi connectivity index (χ1) is 8.68. The maximum atomic E-state index is 2.79. The Hall–Kier alpha value is -0.0800. The second-order valence-corrected chi connectivity index (χ2v) is 8.79. The standard InChI is InChI=1S/C17H34N2/c1-16(2,3)15-8-7-10-18(15)12-14-9-11-19(13-14)17(4,5)6/h14-15H,7-13H2,1-6H3. The molecular formula is C17H34N2. The predicted molar refractivity (Wildman–Crippen MR) is 83.5 cm³/mol. The van der Waals surface area contributed by atoms with Crippen molar-refractivity contribution in [2.45, 2.75) is 72.4 Å². The molecule has 0 aromatic heterocycles. The van der Waals surface area contributed by atoms with Crippen molar-refractivity contribution in [3.63, 3.8) is 0 Å². The summed E-state index contributed by atoms with van der Waals surface area (Å²) in [5.74, 6) is 0.891. The molecule has 2 heterocycles. The topological polar surface area (TPSA) is 6.48 Å². The lowest BCUT2D eigenvalue weighted by atomic mass is 9.85. The normalized spacial score (nSPS) is 31.3. The summed E-state index contributed by atoms with van der Waals surface area (Å²) in [5.41, 5.74) is 0.794. The third kappa shape index (κ3) is 3.72. The Morgan fingerprint density at radius 3 is 2.16 bits per heavy atom. The summed E-state index contributed by atoms with van der Waals surface area (Å²) >= 11 is 0. The quantitative estimate of drug-likeness (QED) is 0.753. The van der Waals surface area contributed by atoms with E-state index in [9.17, 15) is 0 Å². The zero-order valence-corrected chi connectivity index (χ0v) is 14.0. The van der Waals surface area contributed by atoms with Gasteiger partial charge in [-0.2, -0.15) is 0 Å². The fourth-order valence-corrected chi connectivity index (χ4v) is 3.95. The van der Waals surface area contributed by atoms with Gasteiger partial charge >= 0.3 is 0 Å². The first-order valence-corrected chi connectivity index (χ1v) is 8.17. The zero-order chi connectivity index (χ0) is 14.3. The smallest absolute Gasteiger partial charge is 0.0144 e. The van der Waals surface area contributed by atoms with Crippen LogP contribution < -0.4 is 0 Å². The Morgan fingerprint density at radius 2 is 1.63 bits per heavy atom. The number of likely N-dealkylation sites (tertiary alicyclic amines) is 2. The highest BCUT2D eigenvalue weighted by atomic mass is 15.2. The molecule has 2 unspecified atom stereocenters. The van der Waals surface area contributed by atoms with Gasteiger partial charge in [0.2, 0.25) is 0 Å². The van der Waals surface area contributed by atoms with Gasteiger partial charge in [0.1, 0.15) is 0 Å². The van der Waals surface area contributed by atoms with E-state index < -0.39 is 0 Å². The first kappa shape index (κ1) is 15.3. The largest absolute Gasteiger partial charge is 0.300 e. The fourth-order valence-electron chi connectivity index (χ4n) is 3.95. The lowest BCUT2D eigenvalue weighted by Crippen LogP contribution is -2.43. The molecule has 2 aliphatic rings. The van der Waals surface area contributed by atoms with E-state index >= 15 is 0 Å². The van der Waals surface area contributed by atoms with Gasteiger partial charge in [0, 0.05) is 24.7 Å². The minimum absolute atomic E-state index is 0.350. The van der Waals surface area contributed by atoms with Gasteiger partial charge in [-0.1, -0.05) is 20.8 Å². The molecule has 2 nitrogen and oxygen atoms in total. The van der Waals surface area contributed by atoms with E-state index in [0.717, 1.165) is 12.0 Å². The van der Waals surface area contributed by atoms with Crippen molar-refractivity contribution in [3.05, 3.63) is 0 Å². The van der Waals surface area contributed by atoms with Crippen molar-refractivity contribution >= 4 is 0 Å². The van der Waals surface area contributed by atoms with Gasteiger partial charge < -0.3 is 0 Å². The Labute approximate surface area is 120 Å². The average molecular weight is 266 g/mol. The molecule has 2 aliphatic heterocycles. The molecule has 0 aromatic carbocycles. The maximum Gasteiger partial charge on any atom is 0.0144 e. The number of hydrogen-bond acceptors (Lipinski definition) is 2. The lowest BCUT2D eigenvalue weighted by molar-refractivity contribution is 0.115. The van der Waals surface area contributed by atoms with Crippen LogP contribution in [0.4, 0.5) is 0 Å². The van der Waals surface area contributed by atoms with Crippen LogP contribution in [0.1, 0.15) is 60.8 Å². The van der Waals surface area contributed by atoms with Crippen LogP contribution in [0.25, 0.3) is 0 Å². The average Bonchev–Trinajstić information content (AvgIpc) is 2.84. The van der Waals surface area contributed by atoms with Crippen molar-refractivity contribution in [1.29, 1.82) is 0 Å². The molecule has 0 amide bonds. The second kappa shape index (κ2) is 5.37. The Bertz CT molecular complexity index is 297. The minimum atomic E-state index is 0.350. The summed E-state index contributed by atoms with van der Waals surface area (Å²) in [6.07, 6.45) is 4.20. The molecule has 0 spiro atoms.